The number of rotatable bonds is 6. The van der Waals surface area contributed by atoms with E-state index < -0.39 is 32.2 Å². The Bertz CT molecular complexity index is 573. The van der Waals surface area contributed by atoms with Crippen molar-refractivity contribution in [3.8, 4) is 0 Å². The van der Waals surface area contributed by atoms with Gasteiger partial charge >= 0.3 is 0 Å². The molecule has 0 saturated heterocycles. The number of sulfonamides is 1. The Kier molecular flexibility index (Phi) is 5.02. The SMILES string of the molecule is C=CCCCN(C)S(=O)(=O)c1cc(N)c(F)cc1F. The maximum atomic E-state index is 13.6. The molecule has 0 atom stereocenters. The average molecular weight is 290 g/mol. The molecule has 0 aliphatic heterocycles. The number of halogens is 2. The summed E-state index contributed by atoms with van der Waals surface area (Å²) in [5.74, 6) is -2.13. The number of hydrogen-bond acceptors (Lipinski definition) is 3. The van der Waals surface area contributed by atoms with Gasteiger partial charge in [-0.25, -0.2) is 21.5 Å². The van der Waals surface area contributed by atoms with Gasteiger partial charge in [0.1, 0.15) is 16.5 Å². The van der Waals surface area contributed by atoms with Gasteiger partial charge in [0, 0.05) is 19.7 Å². The monoisotopic (exact) mass is 290 g/mol. The fourth-order valence-electron chi connectivity index (χ4n) is 1.49. The van der Waals surface area contributed by atoms with Gasteiger partial charge in [-0.3, -0.25) is 0 Å². The van der Waals surface area contributed by atoms with E-state index in [4.69, 9.17) is 5.73 Å². The first-order valence-electron chi connectivity index (χ1n) is 5.62. The molecular formula is C12H16F2N2O2S. The molecule has 19 heavy (non-hydrogen) atoms. The van der Waals surface area contributed by atoms with Crippen LogP contribution in [0.3, 0.4) is 0 Å². The Morgan fingerprint density at radius 1 is 1.37 bits per heavy atom. The minimum Gasteiger partial charge on any atom is -0.396 e. The van der Waals surface area contributed by atoms with Crippen LogP contribution < -0.4 is 5.73 Å². The smallest absolute Gasteiger partial charge is 0.245 e. The molecule has 0 heterocycles. The van der Waals surface area contributed by atoms with Crippen LogP contribution in [0, 0.1) is 11.6 Å². The third kappa shape index (κ3) is 3.51. The van der Waals surface area contributed by atoms with E-state index in [1.54, 1.807) is 6.08 Å². The molecule has 0 aliphatic carbocycles. The molecule has 0 aliphatic rings. The van der Waals surface area contributed by atoms with E-state index >= 15 is 0 Å². The second-order valence-electron chi connectivity index (χ2n) is 4.06. The van der Waals surface area contributed by atoms with Crippen molar-refractivity contribution in [2.45, 2.75) is 17.7 Å². The topological polar surface area (TPSA) is 63.4 Å². The van der Waals surface area contributed by atoms with E-state index in [0.29, 0.717) is 18.9 Å². The van der Waals surface area contributed by atoms with Crippen molar-refractivity contribution in [2.75, 3.05) is 19.3 Å². The molecule has 4 nitrogen and oxygen atoms in total. The second-order valence-corrected chi connectivity index (χ2v) is 6.07. The number of hydrogen-bond donors (Lipinski definition) is 1. The second kappa shape index (κ2) is 6.12. The number of nitrogens with zero attached hydrogens (tertiary/aromatic N) is 1. The maximum Gasteiger partial charge on any atom is 0.245 e. The quantitative estimate of drug-likeness (QED) is 0.496. The highest BCUT2D eigenvalue weighted by Gasteiger charge is 2.25. The summed E-state index contributed by atoms with van der Waals surface area (Å²) in [7, 11) is -2.68. The van der Waals surface area contributed by atoms with E-state index in [1.807, 2.05) is 0 Å². The largest absolute Gasteiger partial charge is 0.396 e. The van der Waals surface area contributed by atoms with E-state index in [9.17, 15) is 17.2 Å². The molecule has 7 heteroatoms. The van der Waals surface area contributed by atoms with Crippen LogP contribution in [-0.4, -0.2) is 26.3 Å². The highest BCUT2D eigenvalue weighted by molar-refractivity contribution is 7.89. The molecule has 0 saturated carbocycles. The van der Waals surface area contributed by atoms with Crippen LogP contribution in [0.1, 0.15) is 12.8 Å². The first-order valence-corrected chi connectivity index (χ1v) is 7.06. The zero-order valence-corrected chi connectivity index (χ0v) is 11.4. The first-order chi connectivity index (χ1) is 8.80. The summed E-state index contributed by atoms with van der Waals surface area (Å²) >= 11 is 0. The lowest BCUT2D eigenvalue weighted by Crippen LogP contribution is -2.28. The number of benzene rings is 1. The molecule has 1 aromatic carbocycles. The number of nitrogens with two attached hydrogens (primary N) is 1. The van der Waals surface area contributed by atoms with Crippen molar-refractivity contribution in [3.05, 3.63) is 36.4 Å². The molecule has 1 aromatic rings. The Morgan fingerprint density at radius 3 is 2.58 bits per heavy atom. The highest BCUT2D eigenvalue weighted by atomic mass is 32.2. The van der Waals surface area contributed by atoms with Gasteiger partial charge in [-0.05, 0) is 18.9 Å². The number of unbranched alkanes of at least 4 members (excludes halogenated alkanes) is 1. The molecule has 106 valence electrons. The fourth-order valence-corrected chi connectivity index (χ4v) is 2.78. The summed E-state index contributed by atoms with van der Waals surface area (Å²) < 4.78 is 51.8. The van der Waals surface area contributed by atoms with Gasteiger partial charge in [-0.1, -0.05) is 6.08 Å². The van der Waals surface area contributed by atoms with Gasteiger partial charge in [0.15, 0.2) is 0 Å². The van der Waals surface area contributed by atoms with Crippen molar-refractivity contribution in [3.63, 3.8) is 0 Å². The molecule has 0 aromatic heterocycles. The number of nitrogen functional groups attached to an aromatic ring is 1. The molecule has 0 spiro atoms. The maximum absolute atomic E-state index is 13.6. The Labute approximate surface area is 111 Å². The molecule has 0 fully saturated rings. The van der Waals surface area contributed by atoms with Crippen LogP contribution in [-0.2, 0) is 10.0 Å². The van der Waals surface area contributed by atoms with Crippen LogP contribution >= 0.6 is 0 Å². The third-order valence-corrected chi connectivity index (χ3v) is 4.49. The Morgan fingerprint density at radius 2 is 2.00 bits per heavy atom. The predicted molar refractivity (Wildman–Crippen MR) is 70.0 cm³/mol. The minimum absolute atomic E-state index is 0.213. The van der Waals surface area contributed by atoms with E-state index in [2.05, 4.69) is 6.58 Å². The number of anilines is 1. The van der Waals surface area contributed by atoms with Crippen molar-refractivity contribution in [1.82, 2.24) is 4.31 Å². The lowest BCUT2D eigenvalue weighted by Gasteiger charge is -2.17. The highest BCUT2D eigenvalue weighted by Crippen LogP contribution is 2.23. The molecule has 2 N–H and O–H groups in total. The molecule has 0 amide bonds. The van der Waals surface area contributed by atoms with Gasteiger partial charge in [-0.15, -0.1) is 6.58 Å². The summed E-state index contributed by atoms with van der Waals surface area (Å²) in [5, 5.41) is 0. The number of allylic oxidation sites excluding steroid dienone is 1. The summed E-state index contributed by atoms with van der Waals surface area (Å²) in [6, 6.07) is 1.27. The van der Waals surface area contributed by atoms with Gasteiger partial charge in [0.2, 0.25) is 10.0 Å². The minimum atomic E-state index is -4.01. The zero-order chi connectivity index (χ0) is 14.6. The standard InChI is InChI=1S/C12H16F2N2O2S/c1-3-4-5-6-16(2)19(17,18)12-8-11(15)9(13)7-10(12)14/h3,7-8H,1,4-6,15H2,2H3. The fraction of sp³-hybridized carbons (Fsp3) is 0.333. The summed E-state index contributed by atoms with van der Waals surface area (Å²) in [5.41, 5.74) is 4.87. The van der Waals surface area contributed by atoms with Crippen LogP contribution in [0.15, 0.2) is 29.7 Å². The van der Waals surface area contributed by atoms with Crippen molar-refractivity contribution in [1.29, 1.82) is 0 Å². The third-order valence-electron chi connectivity index (χ3n) is 2.62. The lowest BCUT2D eigenvalue weighted by atomic mass is 10.3. The molecule has 0 bridgehead atoms. The Hall–Kier alpha value is -1.47. The van der Waals surface area contributed by atoms with Gasteiger partial charge in [0.05, 0.1) is 5.69 Å². The van der Waals surface area contributed by atoms with E-state index in [-0.39, 0.29) is 6.54 Å². The van der Waals surface area contributed by atoms with Crippen molar-refractivity contribution in [2.24, 2.45) is 0 Å². The van der Waals surface area contributed by atoms with Gasteiger partial charge in [-0.2, -0.15) is 0 Å². The summed E-state index contributed by atoms with van der Waals surface area (Å²) in [6.45, 7) is 3.74. The summed E-state index contributed by atoms with van der Waals surface area (Å²) in [4.78, 5) is -0.618. The van der Waals surface area contributed by atoms with Crippen molar-refractivity contribution >= 4 is 15.7 Å². The molecule has 1 rings (SSSR count). The van der Waals surface area contributed by atoms with Gasteiger partial charge in [0.25, 0.3) is 0 Å². The molecular weight excluding hydrogens is 274 g/mol. The van der Waals surface area contributed by atoms with Crippen molar-refractivity contribution < 1.29 is 17.2 Å². The van der Waals surface area contributed by atoms with Gasteiger partial charge < -0.3 is 5.73 Å². The van der Waals surface area contributed by atoms with Crippen LogP contribution in [0.25, 0.3) is 0 Å². The van der Waals surface area contributed by atoms with E-state index in [1.165, 1.54) is 7.05 Å². The Balaban J connectivity index is 3.06. The van der Waals surface area contributed by atoms with Crippen LogP contribution in [0.5, 0.6) is 0 Å². The van der Waals surface area contributed by atoms with Crippen LogP contribution in [0.4, 0.5) is 14.5 Å². The normalized spacial score (nSPS) is 11.8. The summed E-state index contributed by atoms with van der Waals surface area (Å²) in [6.07, 6.45) is 2.88. The average Bonchev–Trinajstić information content (AvgIpc) is 2.33. The predicted octanol–water partition coefficient (Wildman–Crippen LogP) is 2.13. The zero-order valence-electron chi connectivity index (χ0n) is 10.6. The molecule has 0 radical (unpaired) electrons. The lowest BCUT2D eigenvalue weighted by molar-refractivity contribution is 0.455. The first kappa shape index (κ1) is 15.6. The van der Waals surface area contributed by atoms with E-state index in [0.717, 1.165) is 10.4 Å². The van der Waals surface area contributed by atoms with Crippen LogP contribution in [0.2, 0.25) is 0 Å². The molecule has 0 unspecified atom stereocenters.